The van der Waals surface area contributed by atoms with E-state index in [9.17, 15) is 14.9 Å². The maximum atomic E-state index is 12.3. The Morgan fingerprint density at radius 1 is 1.16 bits per heavy atom. The smallest absolute Gasteiger partial charge is 0.319 e. The molecule has 0 radical (unpaired) electrons. The molecule has 0 N–H and O–H groups in total. The molecule has 2 heterocycles. The van der Waals surface area contributed by atoms with Gasteiger partial charge in [-0.15, -0.1) is 0 Å². The first-order valence-electron chi connectivity index (χ1n) is 11.0. The second-order valence-corrected chi connectivity index (χ2v) is 8.53. The lowest BCUT2D eigenvalue weighted by atomic mass is 10.0. The van der Waals surface area contributed by atoms with Crippen LogP contribution in [0.3, 0.4) is 0 Å². The zero-order chi connectivity index (χ0) is 23.4. The SMILES string of the molecule is CCC(C)c1nc(C)c(Cc2ccc([N+](=O)[O-])cc2)c(N2CCN(C(=O)N(C)C)CC2)n1. The van der Waals surface area contributed by atoms with Gasteiger partial charge in [-0.25, -0.2) is 14.8 Å². The molecular formula is C23H32N6O3. The number of carbonyl (C=O) groups is 1. The fourth-order valence-electron chi connectivity index (χ4n) is 3.81. The summed E-state index contributed by atoms with van der Waals surface area (Å²) in [5.74, 6) is 1.99. The number of non-ortho nitro benzene ring substituents is 1. The predicted molar refractivity (Wildman–Crippen MR) is 124 cm³/mol. The molecule has 1 aromatic carbocycles. The van der Waals surface area contributed by atoms with Gasteiger partial charge in [0.2, 0.25) is 0 Å². The summed E-state index contributed by atoms with van der Waals surface area (Å²) in [7, 11) is 3.53. The number of nitrogens with zero attached hydrogens (tertiary/aromatic N) is 6. The van der Waals surface area contributed by atoms with Crippen LogP contribution >= 0.6 is 0 Å². The number of urea groups is 1. The van der Waals surface area contributed by atoms with Crippen LogP contribution in [0.15, 0.2) is 24.3 Å². The number of aromatic nitrogens is 2. The monoisotopic (exact) mass is 440 g/mol. The van der Waals surface area contributed by atoms with Crippen LogP contribution < -0.4 is 4.90 Å². The largest absolute Gasteiger partial charge is 0.353 e. The van der Waals surface area contributed by atoms with Crippen LogP contribution in [-0.2, 0) is 6.42 Å². The van der Waals surface area contributed by atoms with E-state index >= 15 is 0 Å². The maximum Gasteiger partial charge on any atom is 0.319 e. The van der Waals surface area contributed by atoms with Crippen LogP contribution in [0.5, 0.6) is 0 Å². The molecule has 1 aliphatic heterocycles. The molecule has 2 amide bonds. The van der Waals surface area contributed by atoms with Crippen molar-refractivity contribution in [3.63, 3.8) is 0 Å². The molecule has 2 aromatic rings. The van der Waals surface area contributed by atoms with Crippen molar-refractivity contribution in [2.24, 2.45) is 0 Å². The molecule has 0 bridgehead atoms. The van der Waals surface area contributed by atoms with Crippen molar-refractivity contribution in [1.29, 1.82) is 0 Å². The second-order valence-electron chi connectivity index (χ2n) is 8.53. The van der Waals surface area contributed by atoms with Crippen molar-refractivity contribution in [1.82, 2.24) is 19.8 Å². The molecule has 1 fully saturated rings. The van der Waals surface area contributed by atoms with Crippen LogP contribution in [0.2, 0.25) is 0 Å². The first kappa shape index (κ1) is 23.4. The van der Waals surface area contributed by atoms with Gasteiger partial charge in [-0.3, -0.25) is 10.1 Å². The molecule has 0 spiro atoms. The number of carbonyl (C=O) groups excluding carboxylic acids is 1. The van der Waals surface area contributed by atoms with Crippen LogP contribution in [-0.4, -0.2) is 71.0 Å². The van der Waals surface area contributed by atoms with Gasteiger partial charge in [0.05, 0.1) is 4.92 Å². The fourth-order valence-corrected chi connectivity index (χ4v) is 3.81. The van der Waals surface area contributed by atoms with E-state index in [1.165, 1.54) is 12.1 Å². The third kappa shape index (κ3) is 5.15. The number of aryl methyl sites for hydroxylation is 1. The topological polar surface area (TPSA) is 95.7 Å². The van der Waals surface area contributed by atoms with Gasteiger partial charge >= 0.3 is 6.03 Å². The number of amides is 2. The third-order valence-electron chi connectivity index (χ3n) is 6.02. The standard InChI is InChI=1S/C23H32N6O3/c1-6-16(2)21-24-17(3)20(15-18-7-9-19(10-8-18)29(31)32)22(25-21)27-11-13-28(14-12-27)23(30)26(4)5/h7-10,16H,6,11-15H2,1-5H3. The van der Waals surface area contributed by atoms with Crippen LogP contribution in [0.4, 0.5) is 16.3 Å². The molecule has 1 aliphatic rings. The first-order chi connectivity index (χ1) is 15.2. The van der Waals surface area contributed by atoms with Gasteiger partial charge in [0.15, 0.2) is 0 Å². The predicted octanol–water partition coefficient (Wildman–Crippen LogP) is 3.60. The molecule has 9 nitrogen and oxygen atoms in total. The normalized spacial score (nSPS) is 14.9. The molecule has 32 heavy (non-hydrogen) atoms. The quantitative estimate of drug-likeness (QED) is 0.503. The van der Waals surface area contributed by atoms with E-state index in [0.29, 0.717) is 32.6 Å². The van der Waals surface area contributed by atoms with E-state index in [1.807, 2.05) is 11.8 Å². The number of nitro groups is 1. The lowest BCUT2D eigenvalue weighted by Gasteiger charge is -2.37. The van der Waals surface area contributed by atoms with E-state index in [4.69, 9.17) is 9.97 Å². The summed E-state index contributed by atoms with van der Waals surface area (Å²) in [6.45, 7) is 8.92. The average molecular weight is 441 g/mol. The Balaban J connectivity index is 1.91. The van der Waals surface area contributed by atoms with E-state index in [-0.39, 0.29) is 22.6 Å². The molecule has 3 rings (SSSR count). The number of piperazine rings is 1. The third-order valence-corrected chi connectivity index (χ3v) is 6.02. The van der Waals surface area contributed by atoms with Crippen molar-refractivity contribution in [2.75, 3.05) is 45.2 Å². The van der Waals surface area contributed by atoms with Crippen molar-refractivity contribution < 1.29 is 9.72 Å². The number of rotatable bonds is 6. The van der Waals surface area contributed by atoms with Gasteiger partial charge in [-0.2, -0.15) is 0 Å². The van der Waals surface area contributed by atoms with Crippen molar-refractivity contribution in [2.45, 2.75) is 39.5 Å². The minimum Gasteiger partial charge on any atom is -0.353 e. The highest BCUT2D eigenvalue weighted by Gasteiger charge is 2.26. The first-order valence-corrected chi connectivity index (χ1v) is 11.0. The maximum absolute atomic E-state index is 12.3. The second kappa shape index (κ2) is 9.93. The van der Waals surface area contributed by atoms with Gasteiger partial charge in [0.1, 0.15) is 11.6 Å². The van der Waals surface area contributed by atoms with E-state index in [2.05, 4.69) is 18.7 Å². The highest BCUT2D eigenvalue weighted by atomic mass is 16.6. The number of benzene rings is 1. The molecule has 1 unspecified atom stereocenters. The molecule has 1 saturated heterocycles. The van der Waals surface area contributed by atoms with Gasteiger partial charge in [-0.1, -0.05) is 26.0 Å². The number of anilines is 1. The van der Waals surface area contributed by atoms with Crippen molar-refractivity contribution >= 4 is 17.5 Å². The summed E-state index contributed by atoms with van der Waals surface area (Å²) in [4.78, 5) is 38.4. The molecule has 0 saturated carbocycles. The Kier molecular flexibility index (Phi) is 7.27. The summed E-state index contributed by atoms with van der Waals surface area (Å²) in [5.41, 5.74) is 3.01. The minimum absolute atomic E-state index is 0.0231. The summed E-state index contributed by atoms with van der Waals surface area (Å²) < 4.78 is 0. The Morgan fingerprint density at radius 2 is 1.78 bits per heavy atom. The van der Waals surface area contributed by atoms with Crippen LogP contribution in [0.1, 0.15) is 48.8 Å². The average Bonchev–Trinajstić information content (AvgIpc) is 2.79. The summed E-state index contributed by atoms with van der Waals surface area (Å²) in [6, 6.07) is 6.67. The van der Waals surface area contributed by atoms with Gasteiger partial charge in [0.25, 0.3) is 5.69 Å². The Bertz CT molecular complexity index is 968. The number of hydrogen-bond acceptors (Lipinski definition) is 6. The Hall–Kier alpha value is -3.23. The lowest BCUT2D eigenvalue weighted by molar-refractivity contribution is -0.384. The zero-order valence-corrected chi connectivity index (χ0v) is 19.5. The minimum atomic E-state index is -0.390. The van der Waals surface area contributed by atoms with Crippen molar-refractivity contribution in [3.8, 4) is 0 Å². The highest BCUT2D eigenvalue weighted by molar-refractivity contribution is 5.74. The summed E-state index contributed by atoms with van der Waals surface area (Å²) in [6.07, 6.45) is 1.54. The molecule has 1 atom stereocenters. The molecule has 172 valence electrons. The van der Waals surface area contributed by atoms with E-state index in [1.54, 1.807) is 31.1 Å². The number of nitro benzene ring substituents is 1. The Labute approximate surface area is 189 Å². The fraction of sp³-hybridized carbons (Fsp3) is 0.522. The zero-order valence-electron chi connectivity index (χ0n) is 19.5. The molecule has 9 heteroatoms. The summed E-state index contributed by atoms with van der Waals surface area (Å²) >= 11 is 0. The summed E-state index contributed by atoms with van der Waals surface area (Å²) in [5, 5.41) is 11.0. The number of hydrogen-bond donors (Lipinski definition) is 0. The molecule has 1 aromatic heterocycles. The molecule has 0 aliphatic carbocycles. The van der Waals surface area contributed by atoms with E-state index in [0.717, 1.165) is 34.9 Å². The van der Waals surface area contributed by atoms with Crippen molar-refractivity contribution in [3.05, 3.63) is 57.0 Å². The molecular weight excluding hydrogens is 408 g/mol. The van der Waals surface area contributed by atoms with Gasteiger partial charge in [-0.05, 0) is 18.9 Å². The lowest BCUT2D eigenvalue weighted by Crippen LogP contribution is -2.52. The van der Waals surface area contributed by atoms with Crippen LogP contribution in [0.25, 0.3) is 0 Å². The highest BCUT2D eigenvalue weighted by Crippen LogP contribution is 2.28. The van der Waals surface area contributed by atoms with E-state index < -0.39 is 0 Å². The van der Waals surface area contributed by atoms with Crippen LogP contribution in [0, 0.1) is 17.0 Å². The van der Waals surface area contributed by atoms with Gasteiger partial charge in [0, 0.05) is 76.0 Å². The Morgan fingerprint density at radius 3 is 2.31 bits per heavy atom. The van der Waals surface area contributed by atoms with Gasteiger partial charge < -0.3 is 14.7 Å².